The van der Waals surface area contributed by atoms with Gasteiger partial charge in [-0.1, -0.05) is 0 Å². The molecule has 0 saturated heterocycles. The molecule has 0 aromatic carbocycles. The molecule has 0 spiro atoms. The lowest BCUT2D eigenvalue weighted by molar-refractivity contribution is -0.274. The van der Waals surface area contributed by atoms with E-state index in [1.54, 1.807) is 5.32 Å². The summed E-state index contributed by atoms with van der Waals surface area (Å²) in [6, 6.07) is 1.41. The van der Waals surface area contributed by atoms with Crippen LogP contribution in [0.25, 0.3) is 0 Å². The highest BCUT2D eigenvalue weighted by Crippen LogP contribution is 2.39. The summed E-state index contributed by atoms with van der Waals surface area (Å²) in [5.41, 5.74) is 0.367. The van der Waals surface area contributed by atoms with E-state index in [4.69, 9.17) is 0 Å². The normalized spacial score (nSPS) is 12.8. The van der Waals surface area contributed by atoms with Gasteiger partial charge >= 0.3 is 12.4 Å². The van der Waals surface area contributed by atoms with Crippen molar-refractivity contribution in [3.8, 4) is 0 Å². The van der Waals surface area contributed by atoms with E-state index < -0.39 is 30.7 Å². The monoisotopic (exact) mass is 274 g/mol. The van der Waals surface area contributed by atoms with Gasteiger partial charge in [-0.15, -0.1) is 0 Å². The van der Waals surface area contributed by atoms with Crippen LogP contribution in [0.15, 0.2) is 18.5 Å². The third-order valence-electron chi connectivity index (χ3n) is 2.05. The highest BCUT2D eigenvalue weighted by atomic mass is 19.4. The summed E-state index contributed by atoms with van der Waals surface area (Å²) in [5.74, 6) is -6.12. The van der Waals surface area contributed by atoms with Crippen LogP contribution in [-0.2, 0) is 11.3 Å². The van der Waals surface area contributed by atoms with Gasteiger partial charge in [-0.05, 0) is 11.6 Å². The predicted molar refractivity (Wildman–Crippen MR) is 48.2 cm³/mol. The maximum Gasteiger partial charge on any atom is 0.409 e. The molecule has 1 rings (SSSR count). The SMILES string of the molecule is O=C(NCc1cc[nH]c1)C(C(F)(F)F)C(F)(F)F. The second kappa shape index (κ2) is 4.91. The van der Waals surface area contributed by atoms with Crippen molar-refractivity contribution in [2.45, 2.75) is 18.9 Å². The number of nitrogens with one attached hydrogen (secondary N) is 2. The molecular formula is C9H8F6N2O. The second-order valence-corrected chi connectivity index (χ2v) is 3.45. The first-order valence-corrected chi connectivity index (χ1v) is 4.65. The van der Waals surface area contributed by atoms with Crippen LogP contribution in [0.1, 0.15) is 5.56 Å². The van der Waals surface area contributed by atoms with E-state index in [1.165, 1.54) is 18.5 Å². The molecule has 3 nitrogen and oxygen atoms in total. The maximum absolute atomic E-state index is 12.1. The number of aromatic amines is 1. The van der Waals surface area contributed by atoms with E-state index in [1.807, 2.05) is 0 Å². The van der Waals surface area contributed by atoms with Crippen LogP contribution in [0.3, 0.4) is 0 Å². The number of hydrogen-bond acceptors (Lipinski definition) is 1. The van der Waals surface area contributed by atoms with Gasteiger partial charge in [-0.2, -0.15) is 26.3 Å². The number of amides is 1. The van der Waals surface area contributed by atoms with Gasteiger partial charge in [0.25, 0.3) is 0 Å². The summed E-state index contributed by atoms with van der Waals surface area (Å²) in [4.78, 5) is 13.5. The fraction of sp³-hybridized carbons (Fsp3) is 0.444. The lowest BCUT2D eigenvalue weighted by atomic mass is 10.1. The fourth-order valence-corrected chi connectivity index (χ4v) is 1.24. The molecule has 0 aliphatic heterocycles. The molecule has 0 bridgehead atoms. The van der Waals surface area contributed by atoms with Crippen molar-refractivity contribution < 1.29 is 31.1 Å². The van der Waals surface area contributed by atoms with Crippen molar-refractivity contribution in [2.75, 3.05) is 0 Å². The Bertz CT molecular complexity index is 380. The smallest absolute Gasteiger partial charge is 0.367 e. The molecule has 0 aliphatic rings. The molecule has 1 aromatic heterocycles. The number of carbonyl (C=O) groups excluding carboxylic acids is 1. The van der Waals surface area contributed by atoms with Gasteiger partial charge in [0.15, 0.2) is 0 Å². The molecule has 0 fully saturated rings. The van der Waals surface area contributed by atoms with Crippen LogP contribution >= 0.6 is 0 Å². The van der Waals surface area contributed by atoms with Crippen molar-refractivity contribution in [1.29, 1.82) is 0 Å². The van der Waals surface area contributed by atoms with E-state index in [-0.39, 0.29) is 0 Å². The Morgan fingerprint density at radius 1 is 1.22 bits per heavy atom. The molecule has 102 valence electrons. The van der Waals surface area contributed by atoms with E-state index >= 15 is 0 Å². The van der Waals surface area contributed by atoms with Gasteiger partial charge in [0.05, 0.1) is 0 Å². The first kappa shape index (κ1) is 14.4. The van der Waals surface area contributed by atoms with Crippen molar-refractivity contribution in [3.63, 3.8) is 0 Å². The van der Waals surface area contributed by atoms with Crippen LogP contribution < -0.4 is 5.32 Å². The molecule has 0 radical (unpaired) electrons. The quantitative estimate of drug-likeness (QED) is 0.817. The number of rotatable bonds is 3. The Kier molecular flexibility index (Phi) is 3.92. The molecule has 0 atom stereocenters. The third kappa shape index (κ3) is 3.67. The van der Waals surface area contributed by atoms with E-state index in [9.17, 15) is 31.1 Å². The minimum absolute atomic E-state index is 0.367. The summed E-state index contributed by atoms with van der Waals surface area (Å²) in [5, 5.41) is 1.60. The Morgan fingerprint density at radius 3 is 2.17 bits per heavy atom. The van der Waals surface area contributed by atoms with Crippen LogP contribution in [-0.4, -0.2) is 23.2 Å². The highest BCUT2D eigenvalue weighted by Gasteiger charge is 2.60. The summed E-state index contributed by atoms with van der Waals surface area (Å²) >= 11 is 0. The maximum atomic E-state index is 12.1. The largest absolute Gasteiger partial charge is 0.409 e. The van der Waals surface area contributed by atoms with Gasteiger partial charge in [-0.25, -0.2) is 0 Å². The summed E-state index contributed by atoms with van der Waals surface area (Å²) < 4.78 is 72.9. The second-order valence-electron chi connectivity index (χ2n) is 3.45. The van der Waals surface area contributed by atoms with E-state index in [0.717, 1.165) is 0 Å². The van der Waals surface area contributed by atoms with Crippen LogP contribution in [0.2, 0.25) is 0 Å². The zero-order valence-electron chi connectivity index (χ0n) is 8.69. The Balaban J connectivity index is 2.72. The van der Waals surface area contributed by atoms with Gasteiger partial charge in [0, 0.05) is 18.9 Å². The average molecular weight is 274 g/mol. The Hall–Kier alpha value is -1.67. The minimum atomic E-state index is -5.67. The number of H-pyrrole nitrogens is 1. The fourth-order valence-electron chi connectivity index (χ4n) is 1.24. The molecule has 18 heavy (non-hydrogen) atoms. The van der Waals surface area contributed by atoms with E-state index in [2.05, 4.69) is 4.98 Å². The van der Waals surface area contributed by atoms with Gasteiger partial charge in [-0.3, -0.25) is 4.79 Å². The molecule has 0 saturated carbocycles. The first-order valence-electron chi connectivity index (χ1n) is 4.65. The van der Waals surface area contributed by atoms with Crippen molar-refractivity contribution in [2.24, 2.45) is 5.92 Å². The summed E-state index contributed by atoms with van der Waals surface area (Å²) in [7, 11) is 0. The van der Waals surface area contributed by atoms with Crippen LogP contribution in [0.4, 0.5) is 26.3 Å². The number of carbonyl (C=O) groups is 1. The minimum Gasteiger partial charge on any atom is -0.367 e. The third-order valence-corrected chi connectivity index (χ3v) is 2.05. The number of hydrogen-bond donors (Lipinski definition) is 2. The van der Waals surface area contributed by atoms with Gasteiger partial charge in [0.1, 0.15) is 0 Å². The Labute approximate surface area is 97.2 Å². The molecule has 1 heterocycles. The topological polar surface area (TPSA) is 44.9 Å². The van der Waals surface area contributed by atoms with Crippen LogP contribution in [0, 0.1) is 5.92 Å². The standard InChI is InChI=1S/C9H8F6N2O/c10-8(11,12)6(9(13,14)15)7(18)17-4-5-1-2-16-3-5/h1-3,6,16H,4H2,(H,17,18). The van der Waals surface area contributed by atoms with E-state index in [0.29, 0.717) is 5.56 Å². The zero-order valence-corrected chi connectivity index (χ0v) is 8.69. The van der Waals surface area contributed by atoms with Crippen LogP contribution in [0.5, 0.6) is 0 Å². The Morgan fingerprint density at radius 2 is 1.78 bits per heavy atom. The lowest BCUT2D eigenvalue weighted by Crippen LogP contribution is -2.47. The molecule has 1 aromatic rings. The summed E-state index contributed by atoms with van der Waals surface area (Å²) in [6.07, 6.45) is -8.57. The van der Waals surface area contributed by atoms with Crippen molar-refractivity contribution in [3.05, 3.63) is 24.0 Å². The molecule has 0 aliphatic carbocycles. The lowest BCUT2D eigenvalue weighted by Gasteiger charge is -2.21. The molecule has 9 heteroatoms. The average Bonchev–Trinajstić information content (AvgIpc) is 2.61. The predicted octanol–water partition coefficient (Wildman–Crippen LogP) is 2.37. The molecule has 2 N–H and O–H groups in total. The highest BCUT2D eigenvalue weighted by molar-refractivity contribution is 5.80. The number of halogens is 6. The number of aromatic nitrogens is 1. The molecule has 0 unspecified atom stereocenters. The van der Waals surface area contributed by atoms with Gasteiger partial charge < -0.3 is 10.3 Å². The number of alkyl halides is 6. The van der Waals surface area contributed by atoms with Crippen molar-refractivity contribution >= 4 is 5.91 Å². The first-order chi connectivity index (χ1) is 8.12. The van der Waals surface area contributed by atoms with Crippen molar-refractivity contribution in [1.82, 2.24) is 10.3 Å². The molecule has 1 amide bonds. The summed E-state index contributed by atoms with van der Waals surface area (Å²) in [6.45, 7) is -0.412. The molecular weight excluding hydrogens is 266 g/mol. The van der Waals surface area contributed by atoms with Gasteiger partial charge in [0.2, 0.25) is 11.8 Å². The zero-order chi connectivity index (χ0) is 14.0.